The minimum Gasteiger partial charge on any atom is -0.507 e. The van der Waals surface area contributed by atoms with Crippen LogP contribution in [0.3, 0.4) is 0 Å². The summed E-state index contributed by atoms with van der Waals surface area (Å²) in [6.07, 6.45) is 8.25. The van der Waals surface area contributed by atoms with Gasteiger partial charge in [-0.15, -0.1) is 10.2 Å². The van der Waals surface area contributed by atoms with Crippen molar-refractivity contribution in [3.8, 4) is 28.8 Å². The van der Waals surface area contributed by atoms with Crippen molar-refractivity contribution in [2.24, 2.45) is 11.1 Å². The summed E-state index contributed by atoms with van der Waals surface area (Å²) in [4.78, 5) is 33.8. The van der Waals surface area contributed by atoms with Crippen molar-refractivity contribution in [1.29, 1.82) is 0 Å². The number of para-hydroxylation sites is 1. The number of benzene rings is 1. The summed E-state index contributed by atoms with van der Waals surface area (Å²) < 4.78 is 0. The van der Waals surface area contributed by atoms with E-state index in [4.69, 9.17) is 11.5 Å². The Kier molecular flexibility index (Phi) is 7.88. The Balaban J connectivity index is 1.07. The van der Waals surface area contributed by atoms with Crippen LogP contribution in [0.15, 0.2) is 66.8 Å². The molecule has 0 radical (unpaired) electrons. The van der Waals surface area contributed by atoms with Crippen molar-refractivity contribution >= 4 is 29.3 Å². The van der Waals surface area contributed by atoms with E-state index in [0.717, 1.165) is 50.5 Å². The molecule has 4 aromatic rings. The molecule has 0 saturated carbocycles. The number of carbonyl (C=O) groups excluding carboxylic acids is 1. The van der Waals surface area contributed by atoms with Gasteiger partial charge in [-0.3, -0.25) is 4.79 Å². The molecular formula is C31H31N11O2. The second-order valence-electron chi connectivity index (χ2n) is 10.8. The van der Waals surface area contributed by atoms with Crippen molar-refractivity contribution < 1.29 is 9.90 Å². The predicted octanol–water partition coefficient (Wildman–Crippen LogP) is 1.59. The molecule has 0 aliphatic carbocycles. The number of carbonyl (C=O) groups is 1. The van der Waals surface area contributed by atoms with Gasteiger partial charge in [-0.05, 0) is 49.1 Å². The van der Waals surface area contributed by atoms with Gasteiger partial charge in [0.25, 0.3) is 5.91 Å². The Morgan fingerprint density at radius 3 is 2.61 bits per heavy atom. The second-order valence-corrected chi connectivity index (χ2v) is 10.8. The third kappa shape index (κ3) is 6.19. The van der Waals surface area contributed by atoms with Crippen LogP contribution < -0.4 is 26.6 Å². The van der Waals surface area contributed by atoms with Crippen molar-refractivity contribution in [3.05, 3.63) is 78.4 Å². The Labute approximate surface area is 254 Å². The highest BCUT2D eigenvalue weighted by atomic mass is 16.3. The zero-order valence-corrected chi connectivity index (χ0v) is 23.9. The Morgan fingerprint density at radius 1 is 1.02 bits per heavy atom. The normalized spacial score (nSPS) is 17.9. The average molecular weight is 590 g/mol. The molecule has 13 nitrogen and oxygen atoms in total. The second kappa shape index (κ2) is 12.2. The summed E-state index contributed by atoms with van der Waals surface area (Å²) in [5.74, 6) is 7.39. The quantitative estimate of drug-likeness (QED) is 0.188. The first-order chi connectivity index (χ1) is 21.4. The van der Waals surface area contributed by atoms with E-state index in [0.29, 0.717) is 28.7 Å². The van der Waals surface area contributed by atoms with Gasteiger partial charge in [0.15, 0.2) is 11.6 Å². The number of amides is 1. The molecular weight excluding hydrogens is 558 g/mol. The lowest BCUT2D eigenvalue weighted by Crippen LogP contribution is -2.31. The summed E-state index contributed by atoms with van der Waals surface area (Å²) in [6.45, 7) is 3.44. The molecule has 1 aromatic carbocycles. The van der Waals surface area contributed by atoms with Gasteiger partial charge in [0.05, 0.1) is 17.9 Å². The van der Waals surface area contributed by atoms with Gasteiger partial charge in [0.2, 0.25) is 5.82 Å². The van der Waals surface area contributed by atoms with Crippen LogP contribution >= 0.6 is 0 Å². The lowest BCUT2D eigenvalue weighted by Gasteiger charge is -2.26. The fraction of sp³-hybridized carbons (Fsp3) is 0.258. The molecule has 6 rings (SSSR count). The number of hydrogen-bond acceptors (Lipinski definition) is 12. The molecule has 13 heteroatoms. The van der Waals surface area contributed by atoms with Gasteiger partial charge in [0.1, 0.15) is 17.3 Å². The summed E-state index contributed by atoms with van der Waals surface area (Å²) in [6, 6.07) is 12.5. The predicted molar refractivity (Wildman–Crippen MR) is 166 cm³/mol. The highest BCUT2D eigenvalue weighted by molar-refractivity contribution is 5.96. The molecule has 2 fully saturated rings. The Hall–Kier alpha value is -5.77. The lowest BCUT2D eigenvalue weighted by atomic mass is 9.86. The summed E-state index contributed by atoms with van der Waals surface area (Å²) in [5, 5.41) is 21.4. The molecule has 3 aromatic heterocycles. The molecule has 1 unspecified atom stereocenters. The SMILES string of the molecule is N/C(=C\c1ncccn1)C(=O)NCC#Cc1nccc(N2CCC3(CCN(c4cc(-c5ccccc5O)nnc4N)C3)C2)n1. The number of hydrogen-bond donors (Lipinski definition) is 4. The highest BCUT2D eigenvalue weighted by Gasteiger charge is 2.44. The molecule has 1 atom stereocenters. The van der Waals surface area contributed by atoms with E-state index < -0.39 is 5.91 Å². The van der Waals surface area contributed by atoms with Gasteiger partial charge in [-0.25, -0.2) is 19.9 Å². The third-order valence-corrected chi connectivity index (χ3v) is 7.83. The molecule has 6 N–H and O–H groups in total. The molecule has 0 bridgehead atoms. The van der Waals surface area contributed by atoms with Crippen molar-refractivity contribution in [3.63, 3.8) is 0 Å². The molecule has 5 heterocycles. The number of phenolic OH excluding ortho intramolecular Hbond substituents is 1. The van der Waals surface area contributed by atoms with E-state index in [1.54, 1.807) is 36.8 Å². The number of nitrogens with zero attached hydrogens (tertiary/aromatic N) is 8. The zero-order valence-electron chi connectivity index (χ0n) is 23.9. The monoisotopic (exact) mass is 589 g/mol. The number of aromatic hydroxyl groups is 1. The van der Waals surface area contributed by atoms with Crippen LogP contribution in [-0.2, 0) is 4.79 Å². The smallest absolute Gasteiger partial charge is 0.268 e. The van der Waals surface area contributed by atoms with E-state index in [-0.39, 0.29) is 23.4 Å². The van der Waals surface area contributed by atoms with Crippen molar-refractivity contribution in [2.75, 3.05) is 48.3 Å². The van der Waals surface area contributed by atoms with Crippen LogP contribution in [0.5, 0.6) is 5.75 Å². The van der Waals surface area contributed by atoms with E-state index in [2.05, 4.69) is 57.1 Å². The number of nitrogen functional groups attached to an aromatic ring is 1. The highest BCUT2D eigenvalue weighted by Crippen LogP contribution is 2.43. The fourth-order valence-corrected chi connectivity index (χ4v) is 5.60. The number of nitrogens with two attached hydrogens (primary N) is 2. The van der Waals surface area contributed by atoms with Gasteiger partial charge in [-0.1, -0.05) is 18.1 Å². The van der Waals surface area contributed by atoms with Crippen LogP contribution in [0.25, 0.3) is 17.3 Å². The van der Waals surface area contributed by atoms with E-state index in [9.17, 15) is 9.90 Å². The number of nitrogens with one attached hydrogen (secondary N) is 1. The van der Waals surface area contributed by atoms with Crippen LogP contribution in [0.4, 0.5) is 17.3 Å². The van der Waals surface area contributed by atoms with E-state index >= 15 is 0 Å². The van der Waals surface area contributed by atoms with Crippen LogP contribution in [-0.4, -0.2) is 73.9 Å². The van der Waals surface area contributed by atoms with Crippen molar-refractivity contribution in [1.82, 2.24) is 35.5 Å². The van der Waals surface area contributed by atoms with Gasteiger partial charge >= 0.3 is 0 Å². The van der Waals surface area contributed by atoms with Gasteiger partial charge in [-0.2, -0.15) is 0 Å². The molecule has 44 heavy (non-hydrogen) atoms. The Bertz CT molecular complexity index is 1770. The third-order valence-electron chi connectivity index (χ3n) is 7.83. The van der Waals surface area contributed by atoms with Crippen molar-refractivity contribution in [2.45, 2.75) is 12.8 Å². The lowest BCUT2D eigenvalue weighted by molar-refractivity contribution is -0.117. The minimum atomic E-state index is -0.465. The minimum absolute atomic E-state index is 0.0106. The number of phenols is 1. The molecule has 2 aliphatic rings. The maximum absolute atomic E-state index is 12.2. The van der Waals surface area contributed by atoms with Crippen LogP contribution in [0.1, 0.15) is 24.5 Å². The number of anilines is 3. The van der Waals surface area contributed by atoms with E-state index in [1.807, 2.05) is 24.3 Å². The standard InChI is InChI=1S/C31H31N11O2/c32-22(17-27-34-12-4-13-35-27)30(44)37-11-3-7-26-36-14-8-28(38-26)42-16-10-31(20-42)9-15-41(19-31)24-18-23(39-40-29(24)33)21-5-1-2-6-25(21)43/h1-2,4-6,8,12-14,17-18,43H,9-11,15-16,19-20,32H2,(H2,33,40)(H,37,44)/b22-17-. The fourth-order valence-electron chi connectivity index (χ4n) is 5.60. The van der Waals surface area contributed by atoms with Gasteiger partial charge < -0.3 is 31.7 Å². The summed E-state index contributed by atoms with van der Waals surface area (Å²) >= 11 is 0. The van der Waals surface area contributed by atoms with Gasteiger partial charge in [0, 0.05) is 61.8 Å². The van der Waals surface area contributed by atoms with Crippen LogP contribution in [0, 0.1) is 17.3 Å². The Morgan fingerprint density at radius 2 is 1.80 bits per heavy atom. The average Bonchev–Trinajstić information content (AvgIpc) is 3.66. The topological polar surface area (TPSA) is 185 Å². The molecule has 1 amide bonds. The maximum atomic E-state index is 12.2. The van der Waals surface area contributed by atoms with E-state index in [1.165, 1.54) is 6.08 Å². The summed E-state index contributed by atoms with van der Waals surface area (Å²) in [5.41, 5.74) is 14.2. The molecule has 2 aliphatic heterocycles. The maximum Gasteiger partial charge on any atom is 0.268 e. The first kappa shape index (κ1) is 28.4. The first-order valence-corrected chi connectivity index (χ1v) is 14.1. The largest absolute Gasteiger partial charge is 0.507 e. The zero-order chi connectivity index (χ0) is 30.5. The number of aromatic nitrogens is 6. The molecule has 2 saturated heterocycles. The van der Waals surface area contributed by atoms with Crippen LogP contribution in [0.2, 0.25) is 0 Å². The molecule has 1 spiro atoms. The number of rotatable bonds is 6. The summed E-state index contributed by atoms with van der Waals surface area (Å²) in [7, 11) is 0. The first-order valence-electron chi connectivity index (χ1n) is 14.1. The molecule has 222 valence electrons.